The molecule has 51 heavy (non-hydrogen) atoms. The van der Waals surface area contributed by atoms with Crippen LogP contribution in [0.4, 0.5) is 0 Å². The third-order valence-corrected chi connectivity index (χ3v) is 8.53. The normalized spacial score (nSPS) is 15.9. The van der Waals surface area contributed by atoms with E-state index in [0.717, 1.165) is 12.8 Å². The van der Waals surface area contributed by atoms with Gasteiger partial charge in [-0.25, -0.2) is 0 Å². The van der Waals surface area contributed by atoms with E-state index >= 15 is 0 Å². The molecule has 0 aromatic rings. The van der Waals surface area contributed by atoms with Crippen molar-refractivity contribution in [2.24, 2.45) is 29.6 Å². The molecule has 0 saturated heterocycles. The molecular formula is C37H69N5O9. The molecule has 296 valence electrons. The number of hydrogen-bond donors (Lipinski definition) is 8. The number of unbranched alkanes of at least 4 members (excludes halogenated alkanes) is 1. The summed E-state index contributed by atoms with van der Waals surface area (Å²) in [5.41, 5.74) is 0. The maximum atomic E-state index is 13.6. The van der Waals surface area contributed by atoms with Gasteiger partial charge < -0.3 is 41.9 Å². The fourth-order valence-corrected chi connectivity index (χ4v) is 5.64. The average Bonchev–Trinajstić information content (AvgIpc) is 2.98. The summed E-state index contributed by atoms with van der Waals surface area (Å²) in [5, 5.41) is 44.1. The van der Waals surface area contributed by atoms with Gasteiger partial charge in [0.1, 0.15) is 18.1 Å². The lowest BCUT2D eigenvalue weighted by Crippen LogP contribution is -2.59. The highest BCUT2D eigenvalue weighted by molar-refractivity contribution is 5.92. The van der Waals surface area contributed by atoms with Crippen LogP contribution in [-0.4, -0.2) is 93.2 Å². The highest BCUT2D eigenvalue weighted by Crippen LogP contribution is 2.15. The van der Waals surface area contributed by atoms with Crippen LogP contribution in [0.1, 0.15) is 128 Å². The molecule has 0 fully saturated rings. The Hall–Kier alpha value is -3.26. The van der Waals surface area contributed by atoms with E-state index in [9.17, 15) is 39.0 Å². The van der Waals surface area contributed by atoms with Gasteiger partial charge in [-0.15, -0.1) is 0 Å². The molecule has 0 heterocycles. The third kappa shape index (κ3) is 20.4. The molecule has 14 nitrogen and oxygen atoms in total. The zero-order valence-electron chi connectivity index (χ0n) is 32.9. The lowest BCUT2D eigenvalue weighted by Gasteiger charge is -2.31. The lowest BCUT2D eigenvalue weighted by molar-refractivity contribution is -0.140. The van der Waals surface area contributed by atoms with Crippen molar-refractivity contribution in [1.82, 2.24) is 26.6 Å². The maximum absolute atomic E-state index is 13.6. The number of nitrogens with one attached hydrogen (secondary N) is 5. The minimum Gasteiger partial charge on any atom is -0.481 e. The van der Waals surface area contributed by atoms with Crippen LogP contribution in [-0.2, 0) is 28.8 Å². The predicted molar refractivity (Wildman–Crippen MR) is 196 cm³/mol. The summed E-state index contributed by atoms with van der Waals surface area (Å²) in [6.07, 6.45) is -0.0643. The van der Waals surface area contributed by atoms with Crippen LogP contribution in [0.2, 0.25) is 0 Å². The Balaban J connectivity index is 5.56. The first-order chi connectivity index (χ1) is 23.5. The van der Waals surface area contributed by atoms with Gasteiger partial charge in [0, 0.05) is 6.42 Å². The van der Waals surface area contributed by atoms with Gasteiger partial charge in [0.25, 0.3) is 0 Å². The number of aliphatic carboxylic acids is 1. The van der Waals surface area contributed by atoms with Crippen LogP contribution < -0.4 is 26.6 Å². The van der Waals surface area contributed by atoms with Gasteiger partial charge in [-0.2, -0.15) is 0 Å². The topological polar surface area (TPSA) is 223 Å². The highest BCUT2D eigenvalue weighted by Gasteiger charge is 2.34. The molecule has 0 rings (SSSR count). The largest absolute Gasteiger partial charge is 0.481 e. The van der Waals surface area contributed by atoms with Crippen molar-refractivity contribution in [2.75, 3.05) is 0 Å². The van der Waals surface area contributed by atoms with E-state index in [4.69, 9.17) is 5.11 Å². The van der Waals surface area contributed by atoms with E-state index in [1.165, 1.54) is 6.92 Å². The van der Waals surface area contributed by atoms with Gasteiger partial charge in [-0.05, 0) is 55.8 Å². The van der Waals surface area contributed by atoms with Crippen LogP contribution >= 0.6 is 0 Å². The van der Waals surface area contributed by atoms with Crippen LogP contribution in [0, 0.1) is 29.6 Å². The lowest BCUT2D eigenvalue weighted by atomic mass is 9.95. The first-order valence-electron chi connectivity index (χ1n) is 18.6. The summed E-state index contributed by atoms with van der Waals surface area (Å²) >= 11 is 0. The number of amides is 5. The molecule has 14 heteroatoms. The SMILES string of the molecule is CC(C)CCCCC(=O)NC(C(=O)NC(C(=O)NC(CC(C)C)C(O)CC(=O)NC(C)C(=O)NC(CC(C)C)C(O)CC(=O)O)C(C)C)C(C)C. The average molecular weight is 728 g/mol. The number of rotatable bonds is 25. The number of carboxylic acids is 1. The molecule has 0 aliphatic carbocycles. The molecule has 0 saturated carbocycles. The molecule has 0 radical (unpaired) electrons. The zero-order chi connectivity index (χ0) is 39.6. The van der Waals surface area contributed by atoms with E-state index in [1.54, 1.807) is 13.8 Å². The Morgan fingerprint density at radius 1 is 0.510 bits per heavy atom. The van der Waals surface area contributed by atoms with E-state index in [1.807, 2.05) is 41.5 Å². The molecule has 8 N–H and O–H groups in total. The third-order valence-electron chi connectivity index (χ3n) is 8.53. The van der Waals surface area contributed by atoms with E-state index in [2.05, 4.69) is 40.4 Å². The Labute approximate surface area is 305 Å². The Morgan fingerprint density at radius 2 is 0.961 bits per heavy atom. The smallest absolute Gasteiger partial charge is 0.306 e. The van der Waals surface area contributed by atoms with Gasteiger partial charge in [0.05, 0.1) is 37.1 Å². The summed E-state index contributed by atoms with van der Waals surface area (Å²) in [6, 6.07) is -4.61. The van der Waals surface area contributed by atoms with Gasteiger partial charge in [0.15, 0.2) is 0 Å². The number of carboxylic acid groups (broad SMARTS) is 1. The molecule has 0 spiro atoms. The van der Waals surface area contributed by atoms with E-state index < -0.39 is 84.9 Å². The minimum atomic E-state index is -1.33. The monoisotopic (exact) mass is 728 g/mol. The van der Waals surface area contributed by atoms with Crippen molar-refractivity contribution in [3.63, 3.8) is 0 Å². The number of carbonyl (C=O) groups excluding carboxylic acids is 5. The summed E-state index contributed by atoms with van der Waals surface area (Å²) in [6.45, 7) is 20.3. The molecule has 7 atom stereocenters. The van der Waals surface area contributed by atoms with E-state index in [-0.39, 0.29) is 29.6 Å². The maximum Gasteiger partial charge on any atom is 0.306 e. The van der Waals surface area contributed by atoms with Crippen molar-refractivity contribution in [1.29, 1.82) is 0 Å². The van der Waals surface area contributed by atoms with Crippen LogP contribution in [0.5, 0.6) is 0 Å². The number of aliphatic hydroxyl groups excluding tert-OH is 2. The van der Waals surface area contributed by atoms with Crippen molar-refractivity contribution >= 4 is 35.5 Å². The Bertz CT molecular complexity index is 1110. The summed E-state index contributed by atoms with van der Waals surface area (Å²) in [4.78, 5) is 76.5. The molecule has 0 aliphatic rings. The highest BCUT2D eigenvalue weighted by atomic mass is 16.4. The summed E-state index contributed by atoms with van der Waals surface area (Å²) in [5.74, 6) is -3.75. The number of aliphatic hydroxyl groups is 2. The van der Waals surface area contributed by atoms with Crippen molar-refractivity contribution in [3.8, 4) is 0 Å². The molecule has 0 aromatic carbocycles. The fraction of sp³-hybridized carbons (Fsp3) is 0.838. The van der Waals surface area contributed by atoms with Gasteiger partial charge in [0.2, 0.25) is 29.5 Å². The Morgan fingerprint density at radius 3 is 1.41 bits per heavy atom. The van der Waals surface area contributed by atoms with Crippen molar-refractivity contribution < 1.29 is 44.1 Å². The predicted octanol–water partition coefficient (Wildman–Crippen LogP) is 2.64. The second-order valence-electron chi connectivity index (χ2n) is 15.9. The fourth-order valence-electron chi connectivity index (χ4n) is 5.64. The zero-order valence-corrected chi connectivity index (χ0v) is 32.9. The second-order valence-corrected chi connectivity index (χ2v) is 15.9. The Kier molecular flexibility index (Phi) is 22.5. The molecule has 7 unspecified atom stereocenters. The first kappa shape index (κ1) is 47.7. The molecule has 0 aromatic heterocycles. The molecule has 5 amide bonds. The summed E-state index contributed by atoms with van der Waals surface area (Å²) < 4.78 is 0. The second kappa shape index (κ2) is 24.1. The summed E-state index contributed by atoms with van der Waals surface area (Å²) in [7, 11) is 0. The number of hydrogen-bond acceptors (Lipinski definition) is 8. The van der Waals surface area contributed by atoms with Crippen molar-refractivity contribution in [2.45, 2.75) is 170 Å². The van der Waals surface area contributed by atoms with Gasteiger partial charge in [-0.1, -0.05) is 82.1 Å². The van der Waals surface area contributed by atoms with Crippen LogP contribution in [0.15, 0.2) is 0 Å². The first-order valence-corrected chi connectivity index (χ1v) is 18.6. The van der Waals surface area contributed by atoms with E-state index in [0.29, 0.717) is 31.6 Å². The van der Waals surface area contributed by atoms with Crippen LogP contribution in [0.25, 0.3) is 0 Å². The minimum absolute atomic E-state index is 0.0148. The van der Waals surface area contributed by atoms with Gasteiger partial charge in [-0.3, -0.25) is 28.8 Å². The van der Waals surface area contributed by atoms with Crippen LogP contribution in [0.3, 0.4) is 0 Å². The standard InChI is InChI=1S/C37H69N5O9/c1-20(2)14-12-13-15-30(45)41-33(23(7)8)37(51)42-34(24(9)10)36(50)40-26(16-21(3)4)28(43)18-31(46)38-25(11)35(49)39-27(17-22(5)6)29(44)19-32(47)48/h20-29,33-34,43-44H,12-19H2,1-11H3,(H,38,46)(H,39,49)(H,40,50)(H,41,45)(H,42,51)(H,47,48). The van der Waals surface area contributed by atoms with Gasteiger partial charge >= 0.3 is 5.97 Å². The van der Waals surface area contributed by atoms with Crippen molar-refractivity contribution in [3.05, 3.63) is 0 Å². The molecule has 0 bridgehead atoms. The number of carbonyl (C=O) groups is 6. The molecular weight excluding hydrogens is 658 g/mol. The molecule has 0 aliphatic heterocycles. The quantitative estimate of drug-likeness (QED) is 0.0647.